The van der Waals surface area contributed by atoms with E-state index in [-0.39, 0.29) is 17.6 Å². The quantitative estimate of drug-likeness (QED) is 0.588. The molecule has 0 aliphatic carbocycles. The first-order valence-electron chi connectivity index (χ1n) is 7.50. The highest BCUT2D eigenvalue weighted by molar-refractivity contribution is 6.32. The predicted molar refractivity (Wildman–Crippen MR) is 96.3 cm³/mol. The Morgan fingerprint density at radius 3 is 2.79 bits per heavy atom. The zero-order valence-corrected chi connectivity index (χ0v) is 14.3. The highest BCUT2D eigenvalue weighted by Gasteiger charge is 2.09. The number of halogens is 1. The smallest absolute Gasteiger partial charge is 0.238 e. The normalized spacial score (nSPS) is 10.5. The molecule has 0 saturated carbocycles. The highest BCUT2D eigenvalue weighted by Crippen LogP contribution is 2.17. The summed E-state index contributed by atoms with van der Waals surface area (Å²) in [6, 6.07) is 11.2. The van der Waals surface area contributed by atoms with Gasteiger partial charge in [-0.05, 0) is 36.9 Å². The number of benzene rings is 1. The van der Waals surface area contributed by atoms with Crippen LogP contribution in [-0.4, -0.2) is 36.0 Å². The van der Waals surface area contributed by atoms with Gasteiger partial charge in [-0.15, -0.1) is 0 Å². The van der Waals surface area contributed by atoms with Crippen molar-refractivity contribution < 1.29 is 9.53 Å². The van der Waals surface area contributed by atoms with Gasteiger partial charge in [-0.1, -0.05) is 36.4 Å². The molecule has 0 atom stereocenters. The second-order valence-corrected chi connectivity index (χ2v) is 5.66. The molecule has 0 radical (unpaired) electrons. The fourth-order valence-electron chi connectivity index (χ4n) is 2.13. The van der Waals surface area contributed by atoms with Crippen LogP contribution in [0, 0.1) is 0 Å². The summed E-state index contributed by atoms with van der Waals surface area (Å²) >= 11 is 5.93. The third-order valence-corrected chi connectivity index (χ3v) is 3.49. The van der Waals surface area contributed by atoms with Gasteiger partial charge in [0.05, 0.1) is 12.2 Å². The SMILES string of the molecule is C=CCOc1ccc(CN(C)CC(=O)Nc2cccnc2Cl)cc1. The lowest BCUT2D eigenvalue weighted by atomic mass is 10.2. The van der Waals surface area contributed by atoms with Gasteiger partial charge in [0.25, 0.3) is 0 Å². The summed E-state index contributed by atoms with van der Waals surface area (Å²) in [5.74, 6) is 0.656. The highest BCUT2D eigenvalue weighted by atomic mass is 35.5. The monoisotopic (exact) mass is 345 g/mol. The minimum absolute atomic E-state index is 0.140. The van der Waals surface area contributed by atoms with Gasteiger partial charge in [0.15, 0.2) is 5.15 Å². The summed E-state index contributed by atoms with van der Waals surface area (Å²) in [4.78, 5) is 17.9. The number of rotatable bonds is 8. The Kier molecular flexibility index (Phi) is 6.78. The summed E-state index contributed by atoms with van der Waals surface area (Å²) in [5, 5.41) is 3.04. The van der Waals surface area contributed by atoms with Crippen molar-refractivity contribution >= 4 is 23.2 Å². The van der Waals surface area contributed by atoms with Crippen LogP contribution >= 0.6 is 11.6 Å². The minimum Gasteiger partial charge on any atom is -0.490 e. The lowest BCUT2D eigenvalue weighted by Crippen LogP contribution is -2.29. The molecule has 6 heteroatoms. The number of carbonyl (C=O) groups is 1. The molecule has 1 aromatic heterocycles. The molecular weight excluding hydrogens is 326 g/mol. The molecule has 0 aliphatic rings. The van der Waals surface area contributed by atoms with Crippen LogP contribution in [-0.2, 0) is 11.3 Å². The van der Waals surface area contributed by atoms with Gasteiger partial charge in [0.2, 0.25) is 5.91 Å². The van der Waals surface area contributed by atoms with Crippen molar-refractivity contribution in [3.05, 3.63) is 66.0 Å². The van der Waals surface area contributed by atoms with Gasteiger partial charge in [-0.2, -0.15) is 0 Å². The average molecular weight is 346 g/mol. The van der Waals surface area contributed by atoms with Crippen LogP contribution in [0.25, 0.3) is 0 Å². The third kappa shape index (κ3) is 5.68. The van der Waals surface area contributed by atoms with Crippen molar-refractivity contribution in [2.24, 2.45) is 0 Å². The predicted octanol–water partition coefficient (Wildman–Crippen LogP) is 3.37. The number of ether oxygens (including phenoxy) is 1. The van der Waals surface area contributed by atoms with E-state index in [2.05, 4.69) is 16.9 Å². The van der Waals surface area contributed by atoms with Gasteiger partial charge in [-0.3, -0.25) is 9.69 Å². The molecule has 1 heterocycles. The summed E-state index contributed by atoms with van der Waals surface area (Å²) < 4.78 is 5.44. The Labute approximate surface area is 146 Å². The second kappa shape index (κ2) is 9.05. The molecule has 5 nitrogen and oxygen atoms in total. The molecular formula is C18H20ClN3O2. The molecule has 1 amide bonds. The van der Waals surface area contributed by atoms with Crippen molar-refractivity contribution in [1.82, 2.24) is 9.88 Å². The standard InChI is InChI=1S/C18H20ClN3O2/c1-3-11-24-15-8-6-14(7-9-15)12-22(2)13-17(23)21-16-5-4-10-20-18(16)19/h3-10H,1,11-13H2,2H3,(H,21,23). The van der Waals surface area contributed by atoms with E-state index in [1.807, 2.05) is 36.2 Å². The minimum atomic E-state index is -0.140. The number of amides is 1. The number of nitrogens with one attached hydrogen (secondary N) is 1. The Balaban J connectivity index is 1.84. The van der Waals surface area contributed by atoms with E-state index in [1.165, 1.54) is 0 Å². The van der Waals surface area contributed by atoms with Crippen LogP contribution in [0.2, 0.25) is 5.15 Å². The fourth-order valence-corrected chi connectivity index (χ4v) is 2.29. The van der Waals surface area contributed by atoms with Crippen molar-refractivity contribution in [3.8, 4) is 5.75 Å². The van der Waals surface area contributed by atoms with Gasteiger partial charge in [0, 0.05) is 12.7 Å². The molecule has 24 heavy (non-hydrogen) atoms. The van der Waals surface area contributed by atoms with Crippen molar-refractivity contribution in [1.29, 1.82) is 0 Å². The Hall–Kier alpha value is -2.37. The molecule has 0 saturated heterocycles. The largest absolute Gasteiger partial charge is 0.490 e. The third-order valence-electron chi connectivity index (χ3n) is 3.19. The number of pyridine rings is 1. The number of hydrogen-bond donors (Lipinski definition) is 1. The van der Waals surface area contributed by atoms with Crippen LogP contribution in [0.1, 0.15) is 5.56 Å². The Morgan fingerprint density at radius 2 is 2.12 bits per heavy atom. The number of likely N-dealkylation sites (N-methyl/N-ethyl adjacent to an activating group) is 1. The maximum absolute atomic E-state index is 12.1. The summed E-state index contributed by atoms with van der Waals surface area (Å²) in [6.45, 7) is 5.00. The molecule has 0 aliphatic heterocycles. The van der Waals surface area contributed by atoms with Crippen molar-refractivity contribution in [3.63, 3.8) is 0 Å². The van der Waals surface area contributed by atoms with Crippen LogP contribution in [0.4, 0.5) is 5.69 Å². The maximum atomic E-state index is 12.1. The van der Waals surface area contributed by atoms with E-state index in [0.29, 0.717) is 18.8 Å². The summed E-state index contributed by atoms with van der Waals surface area (Å²) in [7, 11) is 1.88. The summed E-state index contributed by atoms with van der Waals surface area (Å²) in [5.41, 5.74) is 1.61. The molecule has 0 unspecified atom stereocenters. The first kappa shape index (κ1) is 18.0. The molecule has 126 valence electrons. The molecule has 1 N–H and O–H groups in total. The van der Waals surface area contributed by atoms with E-state index >= 15 is 0 Å². The lowest BCUT2D eigenvalue weighted by Gasteiger charge is -2.17. The van der Waals surface area contributed by atoms with E-state index in [4.69, 9.17) is 16.3 Å². The maximum Gasteiger partial charge on any atom is 0.238 e. The Morgan fingerprint density at radius 1 is 1.38 bits per heavy atom. The van der Waals surface area contributed by atoms with Crippen molar-refractivity contribution in [2.45, 2.75) is 6.54 Å². The molecule has 0 bridgehead atoms. The Bertz CT molecular complexity index is 689. The molecule has 0 spiro atoms. The van der Waals surface area contributed by atoms with Gasteiger partial charge in [0.1, 0.15) is 12.4 Å². The number of aromatic nitrogens is 1. The van der Waals surface area contributed by atoms with Crippen molar-refractivity contribution in [2.75, 3.05) is 25.5 Å². The van der Waals surface area contributed by atoms with Gasteiger partial charge < -0.3 is 10.1 Å². The zero-order chi connectivity index (χ0) is 17.4. The number of nitrogens with zero attached hydrogens (tertiary/aromatic N) is 2. The topological polar surface area (TPSA) is 54.5 Å². The second-order valence-electron chi connectivity index (χ2n) is 5.31. The first-order valence-corrected chi connectivity index (χ1v) is 7.88. The molecule has 2 rings (SSSR count). The number of anilines is 1. The molecule has 2 aromatic rings. The molecule has 1 aromatic carbocycles. The van der Waals surface area contributed by atoms with Crippen LogP contribution in [0.3, 0.4) is 0 Å². The first-order chi connectivity index (χ1) is 11.6. The molecule has 0 fully saturated rings. The summed E-state index contributed by atoms with van der Waals surface area (Å²) in [6.07, 6.45) is 3.28. The number of carbonyl (C=O) groups excluding carboxylic acids is 1. The zero-order valence-electron chi connectivity index (χ0n) is 13.5. The van der Waals surface area contributed by atoms with Crippen LogP contribution in [0.15, 0.2) is 55.3 Å². The average Bonchev–Trinajstić information content (AvgIpc) is 2.56. The fraction of sp³-hybridized carbons (Fsp3) is 0.222. The van der Waals surface area contributed by atoms with E-state index < -0.39 is 0 Å². The number of hydrogen-bond acceptors (Lipinski definition) is 4. The lowest BCUT2D eigenvalue weighted by molar-refractivity contribution is -0.117. The van der Waals surface area contributed by atoms with Crippen LogP contribution in [0.5, 0.6) is 5.75 Å². The van der Waals surface area contributed by atoms with Crippen LogP contribution < -0.4 is 10.1 Å². The van der Waals surface area contributed by atoms with Gasteiger partial charge in [-0.25, -0.2) is 4.98 Å². The van der Waals surface area contributed by atoms with E-state index in [0.717, 1.165) is 11.3 Å². The van der Waals surface area contributed by atoms with E-state index in [9.17, 15) is 4.79 Å². The van der Waals surface area contributed by atoms with E-state index in [1.54, 1.807) is 24.4 Å². The van der Waals surface area contributed by atoms with Gasteiger partial charge >= 0.3 is 0 Å².